The fourth-order valence-electron chi connectivity index (χ4n) is 2.41. The Bertz CT molecular complexity index is 431. The van der Waals surface area contributed by atoms with Gasteiger partial charge in [-0.05, 0) is 38.9 Å². The van der Waals surface area contributed by atoms with Crippen molar-refractivity contribution < 1.29 is 9.53 Å². The van der Waals surface area contributed by atoms with Gasteiger partial charge in [-0.25, -0.2) is 0 Å². The average molecular weight is 268 g/mol. The van der Waals surface area contributed by atoms with Crippen LogP contribution in [0.5, 0.6) is 5.75 Å². The summed E-state index contributed by atoms with van der Waals surface area (Å²) in [5.41, 5.74) is 0. The van der Waals surface area contributed by atoms with Crippen molar-refractivity contribution >= 4 is 17.2 Å². The molecule has 1 saturated heterocycles. The molecule has 1 aliphatic rings. The Hall–Kier alpha value is -1.07. The Balaban J connectivity index is 2.07. The van der Waals surface area contributed by atoms with Crippen LogP contribution in [0.25, 0.3) is 0 Å². The van der Waals surface area contributed by atoms with E-state index in [1.807, 2.05) is 24.9 Å². The first kappa shape index (κ1) is 13.4. The SMILES string of the molecule is CNCC1CCN(C(=O)c2sc(C)cc2OC)C1. The highest BCUT2D eigenvalue weighted by atomic mass is 32.1. The van der Waals surface area contributed by atoms with Gasteiger partial charge in [-0.3, -0.25) is 4.79 Å². The van der Waals surface area contributed by atoms with Gasteiger partial charge < -0.3 is 15.0 Å². The summed E-state index contributed by atoms with van der Waals surface area (Å²) in [4.78, 5) is 16.2. The molecule has 1 aliphatic heterocycles. The monoisotopic (exact) mass is 268 g/mol. The molecular weight excluding hydrogens is 248 g/mol. The third-order valence-corrected chi connectivity index (χ3v) is 4.32. The second-order valence-corrected chi connectivity index (χ2v) is 5.97. The summed E-state index contributed by atoms with van der Waals surface area (Å²) in [6.45, 7) is 4.67. The van der Waals surface area contributed by atoms with Crippen molar-refractivity contribution in [1.29, 1.82) is 0 Å². The molecular formula is C13H20N2O2S. The minimum Gasteiger partial charge on any atom is -0.495 e. The molecule has 1 atom stereocenters. The molecule has 1 aromatic rings. The third-order valence-electron chi connectivity index (χ3n) is 3.30. The smallest absolute Gasteiger partial charge is 0.267 e. The predicted octanol–water partition coefficient (Wildman–Crippen LogP) is 1.75. The van der Waals surface area contributed by atoms with Gasteiger partial charge >= 0.3 is 0 Å². The van der Waals surface area contributed by atoms with Gasteiger partial charge in [0.2, 0.25) is 0 Å². The lowest BCUT2D eigenvalue weighted by atomic mass is 10.1. The second-order valence-electron chi connectivity index (χ2n) is 4.72. The normalized spacial score (nSPS) is 19.3. The number of likely N-dealkylation sites (tertiary alicyclic amines) is 1. The van der Waals surface area contributed by atoms with Crippen molar-refractivity contribution in [2.75, 3.05) is 33.8 Å². The van der Waals surface area contributed by atoms with Crippen molar-refractivity contribution in [3.05, 3.63) is 15.8 Å². The number of aryl methyl sites for hydroxylation is 1. The number of methoxy groups -OCH3 is 1. The molecule has 100 valence electrons. The summed E-state index contributed by atoms with van der Waals surface area (Å²) in [6, 6.07) is 1.93. The number of nitrogens with zero attached hydrogens (tertiary/aromatic N) is 1. The van der Waals surface area contributed by atoms with E-state index in [2.05, 4.69) is 5.32 Å². The number of hydrogen-bond donors (Lipinski definition) is 1. The van der Waals surface area contributed by atoms with Crippen molar-refractivity contribution in [1.82, 2.24) is 10.2 Å². The molecule has 0 bridgehead atoms. The topological polar surface area (TPSA) is 41.6 Å². The maximum atomic E-state index is 12.4. The van der Waals surface area contributed by atoms with Crippen molar-refractivity contribution in [3.8, 4) is 5.75 Å². The van der Waals surface area contributed by atoms with E-state index in [-0.39, 0.29) is 5.91 Å². The molecule has 2 heterocycles. The predicted molar refractivity (Wildman–Crippen MR) is 73.5 cm³/mol. The first-order valence-electron chi connectivity index (χ1n) is 6.24. The van der Waals surface area contributed by atoms with Crippen LogP contribution in [0, 0.1) is 12.8 Å². The highest BCUT2D eigenvalue weighted by Crippen LogP contribution is 2.31. The van der Waals surface area contributed by atoms with Crippen LogP contribution in [0.3, 0.4) is 0 Å². The zero-order chi connectivity index (χ0) is 13.1. The summed E-state index contributed by atoms with van der Waals surface area (Å²) in [5.74, 6) is 1.40. The van der Waals surface area contributed by atoms with Gasteiger partial charge in [0.25, 0.3) is 5.91 Å². The molecule has 0 radical (unpaired) electrons. The number of carbonyl (C=O) groups is 1. The van der Waals surface area contributed by atoms with Crippen LogP contribution in [0.4, 0.5) is 0 Å². The number of amides is 1. The maximum Gasteiger partial charge on any atom is 0.267 e. The van der Waals surface area contributed by atoms with Crippen LogP contribution in [-0.2, 0) is 0 Å². The zero-order valence-corrected chi connectivity index (χ0v) is 12.0. The van der Waals surface area contributed by atoms with Crippen LogP contribution >= 0.6 is 11.3 Å². The number of rotatable bonds is 4. The average Bonchev–Trinajstić information content (AvgIpc) is 2.95. The second kappa shape index (κ2) is 5.71. The third kappa shape index (κ3) is 2.67. The molecule has 1 N–H and O–H groups in total. The molecule has 1 aromatic heterocycles. The molecule has 1 fully saturated rings. The van der Waals surface area contributed by atoms with E-state index in [0.717, 1.165) is 35.8 Å². The molecule has 5 heteroatoms. The van der Waals surface area contributed by atoms with Crippen molar-refractivity contribution in [2.24, 2.45) is 5.92 Å². The Morgan fingerprint density at radius 2 is 2.44 bits per heavy atom. The molecule has 4 nitrogen and oxygen atoms in total. The van der Waals surface area contributed by atoms with E-state index in [1.165, 1.54) is 11.3 Å². The van der Waals surface area contributed by atoms with Gasteiger partial charge in [0.15, 0.2) is 0 Å². The first-order valence-corrected chi connectivity index (χ1v) is 7.05. The largest absolute Gasteiger partial charge is 0.495 e. The van der Waals surface area contributed by atoms with Gasteiger partial charge in [-0.1, -0.05) is 0 Å². The fraction of sp³-hybridized carbons (Fsp3) is 0.615. The molecule has 0 aromatic carbocycles. The van der Waals surface area contributed by atoms with E-state index in [1.54, 1.807) is 7.11 Å². The lowest BCUT2D eigenvalue weighted by Crippen LogP contribution is -2.30. The lowest BCUT2D eigenvalue weighted by molar-refractivity contribution is 0.0789. The highest BCUT2D eigenvalue weighted by Gasteiger charge is 2.29. The summed E-state index contributed by atoms with van der Waals surface area (Å²) in [7, 11) is 3.57. The summed E-state index contributed by atoms with van der Waals surface area (Å²) >= 11 is 1.52. The molecule has 0 saturated carbocycles. The minimum absolute atomic E-state index is 0.114. The maximum absolute atomic E-state index is 12.4. The molecule has 0 aliphatic carbocycles. The minimum atomic E-state index is 0.114. The van der Waals surface area contributed by atoms with E-state index in [9.17, 15) is 4.79 Å². The van der Waals surface area contributed by atoms with Crippen molar-refractivity contribution in [2.45, 2.75) is 13.3 Å². The van der Waals surface area contributed by atoms with Crippen LogP contribution in [-0.4, -0.2) is 44.6 Å². The van der Waals surface area contributed by atoms with Crippen molar-refractivity contribution in [3.63, 3.8) is 0 Å². The first-order chi connectivity index (χ1) is 8.65. The van der Waals surface area contributed by atoms with E-state index >= 15 is 0 Å². The Kier molecular flexibility index (Phi) is 4.24. The Morgan fingerprint density at radius 1 is 1.67 bits per heavy atom. The number of hydrogen-bond acceptors (Lipinski definition) is 4. The quantitative estimate of drug-likeness (QED) is 0.904. The van der Waals surface area contributed by atoms with Gasteiger partial charge in [0.1, 0.15) is 10.6 Å². The number of thiophene rings is 1. The standard InChI is InChI=1S/C13H20N2O2S/c1-9-6-11(17-3)12(18-9)13(16)15-5-4-10(8-15)7-14-2/h6,10,14H,4-5,7-8H2,1-3H3. The van der Waals surface area contributed by atoms with Crippen LogP contribution in [0.15, 0.2) is 6.07 Å². The highest BCUT2D eigenvalue weighted by molar-refractivity contribution is 7.14. The van der Waals surface area contributed by atoms with Crippen LogP contribution in [0.1, 0.15) is 21.0 Å². The van der Waals surface area contributed by atoms with E-state index < -0.39 is 0 Å². The lowest BCUT2D eigenvalue weighted by Gasteiger charge is -2.16. The molecule has 2 rings (SSSR count). The van der Waals surface area contributed by atoms with Gasteiger partial charge in [0.05, 0.1) is 7.11 Å². The van der Waals surface area contributed by atoms with Gasteiger partial charge in [-0.2, -0.15) is 0 Å². The summed E-state index contributed by atoms with van der Waals surface area (Å²) < 4.78 is 5.27. The molecule has 1 unspecified atom stereocenters. The van der Waals surface area contributed by atoms with Gasteiger partial charge in [-0.15, -0.1) is 11.3 Å². The summed E-state index contributed by atoms with van der Waals surface area (Å²) in [5, 5.41) is 3.18. The Labute approximate surface area is 112 Å². The van der Waals surface area contributed by atoms with Gasteiger partial charge in [0, 0.05) is 18.0 Å². The van der Waals surface area contributed by atoms with E-state index in [4.69, 9.17) is 4.74 Å². The van der Waals surface area contributed by atoms with Crippen LogP contribution < -0.4 is 10.1 Å². The molecule has 0 spiro atoms. The molecule has 18 heavy (non-hydrogen) atoms. The number of carbonyl (C=O) groups excluding carboxylic acids is 1. The Morgan fingerprint density at radius 3 is 3.11 bits per heavy atom. The van der Waals surface area contributed by atoms with E-state index in [0.29, 0.717) is 11.7 Å². The fourth-order valence-corrected chi connectivity index (χ4v) is 3.35. The number of nitrogens with one attached hydrogen (secondary N) is 1. The molecule has 1 amide bonds. The number of ether oxygens (including phenoxy) is 1. The summed E-state index contributed by atoms with van der Waals surface area (Å²) in [6.07, 6.45) is 1.08. The van der Waals surface area contributed by atoms with Crippen LogP contribution in [0.2, 0.25) is 0 Å². The zero-order valence-electron chi connectivity index (χ0n) is 11.2.